The lowest BCUT2D eigenvalue weighted by Gasteiger charge is -2.14. The van der Waals surface area contributed by atoms with E-state index in [1.807, 2.05) is 73.7 Å². The maximum atomic E-state index is 13.0. The molecule has 0 unspecified atom stereocenters. The number of aryl methyl sites for hydroxylation is 2. The lowest BCUT2D eigenvalue weighted by Crippen LogP contribution is -2.27. The summed E-state index contributed by atoms with van der Waals surface area (Å²) >= 11 is 6.80. The number of carbonyl (C=O) groups excluding carboxylic acids is 1. The number of rotatable bonds is 11. The van der Waals surface area contributed by atoms with Gasteiger partial charge in [0.05, 0.1) is 31.3 Å². The van der Waals surface area contributed by atoms with Crippen molar-refractivity contribution in [1.29, 1.82) is 0 Å². The second-order valence-corrected chi connectivity index (χ2v) is 10.4. The Hall–Kier alpha value is -3.29. The first-order chi connectivity index (χ1) is 17.9. The van der Waals surface area contributed by atoms with Crippen molar-refractivity contribution >= 4 is 40.3 Å². The van der Waals surface area contributed by atoms with E-state index in [0.717, 1.165) is 23.3 Å². The summed E-state index contributed by atoms with van der Waals surface area (Å²) in [6, 6.07) is 21.8. The molecule has 37 heavy (non-hydrogen) atoms. The maximum Gasteiger partial charge on any atom is 0.266 e. The number of thioether (sulfide) groups is 1. The molecule has 192 valence electrons. The van der Waals surface area contributed by atoms with Gasteiger partial charge in [0, 0.05) is 6.42 Å². The maximum absolute atomic E-state index is 13.0. The van der Waals surface area contributed by atoms with Crippen LogP contribution in [0.3, 0.4) is 0 Å². The van der Waals surface area contributed by atoms with Gasteiger partial charge in [-0.2, -0.15) is 0 Å². The van der Waals surface area contributed by atoms with Crippen LogP contribution < -0.4 is 14.2 Å². The minimum absolute atomic E-state index is 0.0825. The highest BCUT2D eigenvalue weighted by molar-refractivity contribution is 8.26. The van der Waals surface area contributed by atoms with Crippen LogP contribution in [0.4, 0.5) is 0 Å². The molecule has 3 aromatic rings. The van der Waals surface area contributed by atoms with E-state index >= 15 is 0 Å². The number of hydrogen-bond acceptors (Lipinski definition) is 6. The van der Waals surface area contributed by atoms with Crippen LogP contribution in [0.1, 0.15) is 35.6 Å². The van der Waals surface area contributed by atoms with Crippen molar-refractivity contribution < 1.29 is 19.0 Å². The third-order valence-electron chi connectivity index (χ3n) is 5.63. The average Bonchev–Trinajstić information content (AvgIpc) is 3.12. The monoisotopic (exact) mass is 533 g/mol. The van der Waals surface area contributed by atoms with E-state index in [9.17, 15) is 4.79 Å². The molecule has 0 aliphatic carbocycles. The molecule has 0 radical (unpaired) electrons. The number of carbonyl (C=O) groups is 1. The van der Waals surface area contributed by atoms with Crippen LogP contribution in [0, 0.1) is 13.8 Å². The molecule has 1 heterocycles. The lowest BCUT2D eigenvalue weighted by molar-refractivity contribution is -0.122. The standard InChI is InChI=1S/C30H31NO4S2/c1-4-33-27-18-24(19-28-29(32)31(30(36)37-28)20-23-9-6-5-7-10-23)11-12-26(27)35-14-8-13-34-25-16-21(2)15-22(3)17-25/h5-7,9-12,15-19H,4,8,13-14,20H2,1-3H3. The van der Waals surface area contributed by atoms with Gasteiger partial charge >= 0.3 is 0 Å². The molecule has 0 bridgehead atoms. The molecule has 0 aromatic heterocycles. The molecular weight excluding hydrogens is 502 g/mol. The van der Waals surface area contributed by atoms with Gasteiger partial charge < -0.3 is 14.2 Å². The van der Waals surface area contributed by atoms with Crippen molar-refractivity contribution in [3.63, 3.8) is 0 Å². The fourth-order valence-electron chi connectivity index (χ4n) is 4.00. The van der Waals surface area contributed by atoms with Crippen molar-refractivity contribution in [1.82, 2.24) is 4.90 Å². The first-order valence-corrected chi connectivity index (χ1v) is 13.6. The van der Waals surface area contributed by atoms with Gasteiger partial charge in [0.15, 0.2) is 11.5 Å². The smallest absolute Gasteiger partial charge is 0.266 e. The zero-order chi connectivity index (χ0) is 26.2. The molecule has 0 saturated carbocycles. The zero-order valence-electron chi connectivity index (χ0n) is 21.4. The summed E-state index contributed by atoms with van der Waals surface area (Å²) in [5.41, 5.74) is 4.27. The Morgan fingerprint density at radius 3 is 2.35 bits per heavy atom. The van der Waals surface area contributed by atoms with Crippen LogP contribution >= 0.6 is 24.0 Å². The molecule has 1 amide bonds. The van der Waals surface area contributed by atoms with Crippen LogP contribution in [0.25, 0.3) is 6.08 Å². The van der Waals surface area contributed by atoms with E-state index < -0.39 is 0 Å². The predicted octanol–water partition coefficient (Wildman–Crippen LogP) is 6.95. The molecule has 0 spiro atoms. The number of thiocarbonyl (C=S) groups is 1. The summed E-state index contributed by atoms with van der Waals surface area (Å²) < 4.78 is 18.3. The van der Waals surface area contributed by atoms with E-state index in [2.05, 4.69) is 19.9 Å². The van der Waals surface area contributed by atoms with Gasteiger partial charge in [-0.15, -0.1) is 0 Å². The number of nitrogens with zero attached hydrogens (tertiary/aromatic N) is 1. The number of hydrogen-bond donors (Lipinski definition) is 0. The summed E-state index contributed by atoms with van der Waals surface area (Å²) in [5, 5.41) is 0. The molecule has 5 nitrogen and oxygen atoms in total. The quantitative estimate of drug-likeness (QED) is 0.151. The van der Waals surface area contributed by atoms with E-state index in [1.54, 1.807) is 4.90 Å². The van der Waals surface area contributed by atoms with Gasteiger partial charge in [-0.3, -0.25) is 9.69 Å². The van der Waals surface area contributed by atoms with Gasteiger partial charge in [-0.1, -0.05) is 66.4 Å². The second kappa shape index (κ2) is 12.8. The molecule has 1 aliphatic heterocycles. The normalized spacial score (nSPS) is 14.4. The van der Waals surface area contributed by atoms with Crippen molar-refractivity contribution in [3.05, 3.63) is 93.9 Å². The highest BCUT2D eigenvalue weighted by Crippen LogP contribution is 2.35. The van der Waals surface area contributed by atoms with Gasteiger partial charge in [0.2, 0.25) is 0 Å². The first kappa shape index (κ1) is 26.8. The van der Waals surface area contributed by atoms with Crippen LogP contribution in [0.5, 0.6) is 17.2 Å². The fraction of sp³-hybridized carbons (Fsp3) is 0.267. The molecule has 7 heteroatoms. The molecule has 1 aliphatic rings. The predicted molar refractivity (Wildman–Crippen MR) is 154 cm³/mol. The second-order valence-electron chi connectivity index (χ2n) is 8.77. The first-order valence-electron chi connectivity index (χ1n) is 12.3. The SMILES string of the molecule is CCOc1cc(C=C2SC(=S)N(Cc3ccccc3)C2=O)ccc1OCCCOc1cc(C)cc(C)c1. The summed E-state index contributed by atoms with van der Waals surface area (Å²) in [5.74, 6) is 2.11. The fourth-order valence-corrected chi connectivity index (χ4v) is 5.26. The molecule has 4 rings (SSSR count). The van der Waals surface area contributed by atoms with Gasteiger partial charge in [0.25, 0.3) is 5.91 Å². The summed E-state index contributed by atoms with van der Waals surface area (Å²) in [6.45, 7) is 8.10. The summed E-state index contributed by atoms with van der Waals surface area (Å²) in [7, 11) is 0. The van der Waals surface area contributed by atoms with E-state index in [0.29, 0.717) is 47.1 Å². The van der Waals surface area contributed by atoms with Crippen LogP contribution in [-0.4, -0.2) is 34.9 Å². The third kappa shape index (κ3) is 7.37. The number of ether oxygens (including phenoxy) is 3. The molecule has 0 N–H and O–H groups in total. The largest absolute Gasteiger partial charge is 0.493 e. The summed E-state index contributed by atoms with van der Waals surface area (Å²) in [6.07, 6.45) is 2.60. The Balaban J connectivity index is 1.36. The van der Waals surface area contributed by atoms with Crippen molar-refractivity contribution in [2.24, 2.45) is 0 Å². The Morgan fingerprint density at radius 2 is 1.62 bits per heavy atom. The number of benzene rings is 3. The molecule has 1 fully saturated rings. The Bertz CT molecular complexity index is 1270. The molecular formula is C30H31NO4S2. The topological polar surface area (TPSA) is 48.0 Å². The average molecular weight is 534 g/mol. The van der Waals surface area contributed by atoms with Crippen molar-refractivity contribution in [3.8, 4) is 17.2 Å². The number of amides is 1. The Labute approximate surface area is 228 Å². The lowest BCUT2D eigenvalue weighted by atomic mass is 10.1. The minimum Gasteiger partial charge on any atom is -0.493 e. The van der Waals surface area contributed by atoms with Crippen LogP contribution in [-0.2, 0) is 11.3 Å². The van der Waals surface area contributed by atoms with Crippen molar-refractivity contribution in [2.45, 2.75) is 33.7 Å². The zero-order valence-corrected chi connectivity index (χ0v) is 23.0. The van der Waals surface area contributed by atoms with Crippen LogP contribution in [0.2, 0.25) is 0 Å². The summed E-state index contributed by atoms with van der Waals surface area (Å²) in [4.78, 5) is 15.3. The minimum atomic E-state index is -0.0825. The molecule has 3 aromatic carbocycles. The van der Waals surface area contributed by atoms with Gasteiger partial charge in [-0.05, 0) is 73.4 Å². The third-order valence-corrected chi connectivity index (χ3v) is 7.01. The highest BCUT2D eigenvalue weighted by atomic mass is 32.2. The Morgan fingerprint density at radius 1 is 0.892 bits per heavy atom. The van der Waals surface area contributed by atoms with Crippen LogP contribution in [0.15, 0.2) is 71.6 Å². The highest BCUT2D eigenvalue weighted by Gasteiger charge is 2.32. The van der Waals surface area contributed by atoms with Crippen molar-refractivity contribution in [2.75, 3.05) is 19.8 Å². The molecule has 1 saturated heterocycles. The molecule has 0 atom stereocenters. The van der Waals surface area contributed by atoms with Gasteiger partial charge in [0.1, 0.15) is 10.1 Å². The van der Waals surface area contributed by atoms with E-state index in [1.165, 1.54) is 22.9 Å². The van der Waals surface area contributed by atoms with E-state index in [4.69, 9.17) is 26.4 Å². The van der Waals surface area contributed by atoms with E-state index in [-0.39, 0.29) is 5.91 Å². The Kier molecular flexibility index (Phi) is 9.25. The van der Waals surface area contributed by atoms with Gasteiger partial charge in [-0.25, -0.2) is 0 Å².